The molecule has 0 saturated carbocycles. The molecule has 5 heteroatoms. The van der Waals surface area contributed by atoms with Crippen molar-refractivity contribution in [2.45, 2.75) is 65.5 Å². The zero-order valence-electron chi connectivity index (χ0n) is 13.5. The summed E-state index contributed by atoms with van der Waals surface area (Å²) in [6.07, 6.45) is 3.71. The zero-order valence-corrected chi connectivity index (χ0v) is 13.5. The van der Waals surface area contributed by atoms with Crippen molar-refractivity contribution >= 4 is 11.9 Å². The van der Waals surface area contributed by atoms with Gasteiger partial charge in [0.1, 0.15) is 6.04 Å². The van der Waals surface area contributed by atoms with Crippen LogP contribution in [0.3, 0.4) is 0 Å². The van der Waals surface area contributed by atoms with Gasteiger partial charge in [0, 0.05) is 6.04 Å². The van der Waals surface area contributed by atoms with Gasteiger partial charge < -0.3 is 10.4 Å². The molecule has 2 N–H and O–H groups in total. The second-order valence-electron chi connectivity index (χ2n) is 5.97. The fraction of sp³-hybridized carbons (Fsp3) is 0.867. The monoisotopic (exact) mass is 286 g/mol. The first kappa shape index (κ1) is 18.9. The predicted molar refractivity (Wildman–Crippen MR) is 80.6 cm³/mol. The number of aliphatic carboxylic acids is 1. The number of likely N-dealkylation sites (N-methyl/N-ethyl adjacent to an activating group) is 1. The largest absolute Gasteiger partial charge is 0.480 e. The Labute approximate surface area is 122 Å². The van der Waals surface area contributed by atoms with Crippen LogP contribution >= 0.6 is 0 Å². The van der Waals surface area contributed by atoms with Gasteiger partial charge in [-0.1, -0.05) is 33.6 Å². The molecule has 0 bridgehead atoms. The van der Waals surface area contributed by atoms with E-state index < -0.39 is 12.0 Å². The van der Waals surface area contributed by atoms with Gasteiger partial charge >= 0.3 is 5.97 Å². The molecule has 0 aliphatic rings. The van der Waals surface area contributed by atoms with E-state index in [2.05, 4.69) is 19.2 Å². The van der Waals surface area contributed by atoms with Crippen LogP contribution in [0.5, 0.6) is 0 Å². The molecule has 0 saturated heterocycles. The van der Waals surface area contributed by atoms with E-state index in [4.69, 9.17) is 5.11 Å². The number of rotatable bonds is 10. The number of carboxylic acid groups (broad SMARTS) is 1. The molecule has 0 aromatic rings. The molecule has 0 heterocycles. The van der Waals surface area contributed by atoms with Crippen molar-refractivity contribution < 1.29 is 14.7 Å². The molecule has 0 radical (unpaired) electrons. The second kappa shape index (κ2) is 9.75. The van der Waals surface area contributed by atoms with E-state index in [1.165, 1.54) is 0 Å². The first-order valence-electron chi connectivity index (χ1n) is 7.50. The quantitative estimate of drug-likeness (QED) is 0.645. The summed E-state index contributed by atoms with van der Waals surface area (Å²) in [7, 11) is 1.67. The van der Waals surface area contributed by atoms with E-state index in [9.17, 15) is 9.59 Å². The third-order valence-electron chi connectivity index (χ3n) is 3.42. The van der Waals surface area contributed by atoms with E-state index in [0.717, 1.165) is 19.3 Å². The number of amides is 1. The summed E-state index contributed by atoms with van der Waals surface area (Å²) in [6.45, 7) is 8.30. The number of hydrogen-bond acceptors (Lipinski definition) is 3. The minimum Gasteiger partial charge on any atom is -0.480 e. The first-order valence-corrected chi connectivity index (χ1v) is 7.50. The fourth-order valence-corrected chi connectivity index (χ4v) is 2.24. The van der Waals surface area contributed by atoms with Crippen LogP contribution in [0.2, 0.25) is 0 Å². The molecule has 0 fully saturated rings. The van der Waals surface area contributed by atoms with Gasteiger partial charge in [0.25, 0.3) is 0 Å². The molecule has 20 heavy (non-hydrogen) atoms. The van der Waals surface area contributed by atoms with E-state index in [1.54, 1.807) is 11.9 Å². The standard InChI is InChI=1S/C15H30N2O3/c1-6-13(15(19)20)17(5)10-14(18)16-12(4)9-7-8-11(2)3/h11-13H,6-10H2,1-5H3,(H,16,18)(H,19,20). The summed E-state index contributed by atoms with van der Waals surface area (Å²) < 4.78 is 0. The number of nitrogens with zero attached hydrogens (tertiary/aromatic N) is 1. The van der Waals surface area contributed by atoms with E-state index in [-0.39, 0.29) is 18.5 Å². The number of carboxylic acids is 1. The van der Waals surface area contributed by atoms with Crippen LogP contribution in [0.1, 0.15) is 53.4 Å². The lowest BCUT2D eigenvalue weighted by Crippen LogP contribution is -2.45. The van der Waals surface area contributed by atoms with Crippen molar-refractivity contribution in [2.75, 3.05) is 13.6 Å². The zero-order chi connectivity index (χ0) is 15.7. The Bertz CT molecular complexity index is 305. The number of carbonyl (C=O) groups excluding carboxylic acids is 1. The van der Waals surface area contributed by atoms with Gasteiger partial charge in [-0.15, -0.1) is 0 Å². The average molecular weight is 286 g/mol. The third-order valence-corrected chi connectivity index (χ3v) is 3.42. The molecule has 0 aliphatic carbocycles. The highest BCUT2D eigenvalue weighted by molar-refractivity contribution is 5.80. The van der Waals surface area contributed by atoms with Gasteiger partial charge in [-0.05, 0) is 32.7 Å². The van der Waals surface area contributed by atoms with E-state index in [0.29, 0.717) is 12.3 Å². The van der Waals surface area contributed by atoms with Crippen molar-refractivity contribution in [2.24, 2.45) is 5.92 Å². The van der Waals surface area contributed by atoms with E-state index >= 15 is 0 Å². The smallest absolute Gasteiger partial charge is 0.320 e. The fourth-order valence-electron chi connectivity index (χ4n) is 2.24. The molecule has 1 amide bonds. The Kier molecular flexibility index (Phi) is 9.21. The summed E-state index contributed by atoms with van der Waals surface area (Å²) >= 11 is 0. The normalized spacial score (nSPS) is 14.3. The second-order valence-corrected chi connectivity index (χ2v) is 5.97. The maximum absolute atomic E-state index is 11.9. The molecule has 0 aliphatic heterocycles. The SMILES string of the molecule is CCC(C(=O)O)N(C)CC(=O)NC(C)CCCC(C)C. The Morgan fingerprint density at radius 2 is 1.80 bits per heavy atom. The topological polar surface area (TPSA) is 69.6 Å². The number of hydrogen-bond donors (Lipinski definition) is 2. The molecule has 0 rings (SSSR count). The van der Waals surface area contributed by atoms with Gasteiger partial charge in [0.05, 0.1) is 6.54 Å². The Balaban J connectivity index is 4.05. The minimum absolute atomic E-state index is 0.107. The maximum atomic E-state index is 11.9. The van der Waals surface area contributed by atoms with Gasteiger partial charge in [-0.3, -0.25) is 14.5 Å². The van der Waals surface area contributed by atoms with Crippen LogP contribution in [-0.2, 0) is 9.59 Å². The van der Waals surface area contributed by atoms with Gasteiger partial charge in [-0.2, -0.15) is 0 Å². The Hall–Kier alpha value is -1.10. The summed E-state index contributed by atoms with van der Waals surface area (Å²) in [6, 6.07) is -0.462. The molecule has 5 nitrogen and oxygen atoms in total. The molecular weight excluding hydrogens is 256 g/mol. The molecule has 118 valence electrons. The lowest BCUT2D eigenvalue weighted by atomic mass is 10.0. The average Bonchev–Trinajstić information content (AvgIpc) is 2.27. The molecule has 2 unspecified atom stereocenters. The molecule has 2 atom stereocenters. The van der Waals surface area contributed by atoms with Crippen molar-refractivity contribution in [3.63, 3.8) is 0 Å². The van der Waals surface area contributed by atoms with Gasteiger partial charge in [0.2, 0.25) is 5.91 Å². The van der Waals surface area contributed by atoms with Crippen LogP contribution in [0.25, 0.3) is 0 Å². The minimum atomic E-state index is -0.882. The summed E-state index contributed by atoms with van der Waals surface area (Å²) in [5.74, 6) is -0.304. The summed E-state index contributed by atoms with van der Waals surface area (Å²) in [5.41, 5.74) is 0. The Morgan fingerprint density at radius 1 is 1.20 bits per heavy atom. The van der Waals surface area contributed by atoms with Crippen molar-refractivity contribution in [3.8, 4) is 0 Å². The molecule has 0 aromatic heterocycles. The van der Waals surface area contributed by atoms with Crippen molar-refractivity contribution in [3.05, 3.63) is 0 Å². The van der Waals surface area contributed by atoms with Crippen LogP contribution in [-0.4, -0.2) is 47.6 Å². The lowest BCUT2D eigenvalue weighted by molar-refractivity contribution is -0.143. The highest BCUT2D eigenvalue weighted by Crippen LogP contribution is 2.08. The highest BCUT2D eigenvalue weighted by Gasteiger charge is 2.22. The van der Waals surface area contributed by atoms with Crippen LogP contribution in [0.15, 0.2) is 0 Å². The van der Waals surface area contributed by atoms with Crippen LogP contribution in [0, 0.1) is 5.92 Å². The molecular formula is C15H30N2O3. The summed E-state index contributed by atoms with van der Waals surface area (Å²) in [5, 5.41) is 12.0. The summed E-state index contributed by atoms with van der Waals surface area (Å²) in [4.78, 5) is 24.4. The first-order chi connectivity index (χ1) is 9.27. The lowest BCUT2D eigenvalue weighted by Gasteiger charge is -2.24. The number of carbonyl (C=O) groups is 2. The van der Waals surface area contributed by atoms with Gasteiger partial charge in [0.15, 0.2) is 0 Å². The molecule has 0 spiro atoms. The maximum Gasteiger partial charge on any atom is 0.320 e. The van der Waals surface area contributed by atoms with Crippen LogP contribution in [0.4, 0.5) is 0 Å². The van der Waals surface area contributed by atoms with E-state index in [1.807, 2.05) is 13.8 Å². The third kappa shape index (κ3) is 8.15. The predicted octanol–water partition coefficient (Wildman–Crippen LogP) is 2.11. The van der Waals surface area contributed by atoms with Crippen molar-refractivity contribution in [1.29, 1.82) is 0 Å². The van der Waals surface area contributed by atoms with Gasteiger partial charge in [-0.25, -0.2) is 0 Å². The Morgan fingerprint density at radius 3 is 2.25 bits per heavy atom. The molecule has 0 aromatic carbocycles. The van der Waals surface area contributed by atoms with Crippen LogP contribution < -0.4 is 5.32 Å². The number of nitrogens with one attached hydrogen (secondary N) is 1. The highest BCUT2D eigenvalue weighted by atomic mass is 16.4. The van der Waals surface area contributed by atoms with Crippen molar-refractivity contribution in [1.82, 2.24) is 10.2 Å².